The third-order valence-electron chi connectivity index (χ3n) is 3.35. The van der Waals surface area contributed by atoms with E-state index in [9.17, 15) is 14.4 Å². The number of imidazole rings is 1. The molecular weight excluding hydrogens is 284 g/mol. The average molecular weight is 298 g/mol. The normalized spacial score (nSPS) is 10.7. The molecule has 1 amide bonds. The van der Waals surface area contributed by atoms with Crippen molar-refractivity contribution in [2.45, 2.75) is 6.54 Å². The van der Waals surface area contributed by atoms with Crippen LogP contribution in [0.5, 0.6) is 0 Å². The third-order valence-corrected chi connectivity index (χ3v) is 3.35. The summed E-state index contributed by atoms with van der Waals surface area (Å²) in [6.07, 6.45) is 1.36. The van der Waals surface area contributed by atoms with Crippen molar-refractivity contribution in [1.29, 1.82) is 0 Å². The minimum atomic E-state index is -0.302. The Kier molecular flexibility index (Phi) is 3.61. The predicted molar refractivity (Wildman–Crippen MR) is 82.0 cm³/mol. The molecular formula is C15H14N4O3. The first kappa shape index (κ1) is 13.9. The number of nitrogens with one attached hydrogen (secondary N) is 3. The molecule has 0 saturated carbocycles. The smallest absolute Gasteiger partial charge is 0.326 e. The van der Waals surface area contributed by atoms with Crippen molar-refractivity contribution in [2.75, 3.05) is 6.54 Å². The van der Waals surface area contributed by atoms with Gasteiger partial charge in [-0.15, -0.1) is 0 Å². The number of aromatic nitrogens is 3. The Hall–Kier alpha value is -3.09. The average Bonchev–Trinajstić information content (AvgIpc) is 2.84. The Morgan fingerprint density at radius 1 is 1.14 bits per heavy atom. The lowest BCUT2D eigenvalue weighted by Crippen LogP contribution is -2.30. The van der Waals surface area contributed by atoms with Gasteiger partial charge in [0.05, 0.1) is 16.6 Å². The van der Waals surface area contributed by atoms with Crippen LogP contribution in [0.2, 0.25) is 0 Å². The topological polar surface area (TPSA) is 99.8 Å². The number of benzene rings is 1. The van der Waals surface area contributed by atoms with E-state index < -0.39 is 0 Å². The first-order valence-corrected chi connectivity index (χ1v) is 6.79. The van der Waals surface area contributed by atoms with E-state index in [1.807, 2.05) is 24.3 Å². The van der Waals surface area contributed by atoms with Crippen molar-refractivity contribution in [3.8, 4) is 0 Å². The highest BCUT2D eigenvalue weighted by molar-refractivity contribution is 5.93. The van der Waals surface area contributed by atoms with E-state index in [1.165, 1.54) is 18.3 Å². The lowest BCUT2D eigenvalue weighted by Gasteiger charge is -2.06. The molecule has 0 aliphatic heterocycles. The molecule has 3 rings (SSSR count). The molecule has 0 atom stereocenters. The zero-order chi connectivity index (χ0) is 15.5. The van der Waals surface area contributed by atoms with Gasteiger partial charge in [0.25, 0.3) is 5.91 Å². The molecule has 1 aromatic carbocycles. The third kappa shape index (κ3) is 2.69. The maximum atomic E-state index is 11.9. The summed E-state index contributed by atoms with van der Waals surface area (Å²) >= 11 is 0. The van der Waals surface area contributed by atoms with Gasteiger partial charge in [-0.3, -0.25) is 14.2 Å². The number of carbonyl (C=O) groups is 1. The van der Waals surface area contributed by atoms with Crippen LogP contribution >= 0.6 is 0 Å². The van der Waals surface area contributed by atoms with Gasteiger partial charge in [0.2, 0.25) is 5.56 Å². The Bertz CT molecular complexity index is 915. The monoisotopic (exact) mass is 298 g/mol. The van der Waals surface area contributed by atoms with E-state index in [2.05, 4.69) is 15.3 Å². The fourth-order valence-electron chi connectivity index (χ4n) is 2.26. The second-order valence-corrected chi connectivity index (χ2v) is 4.80. The zero-order valence-corrected chi connectivity index (χ0v) is 11.6. The van der Waals surface area contributed by atoms with Crippen LogP contribution in [0.25, 0.3) is 11.0 Å². The molecule has 3 N–H and O–H groups in total. The number of H-pyrrole nitrogens is 2. The first-order chi connectivity index (χ1) is 10.6. The molecule has 0 radical (unpaired) electrons. The SMILES string of the molecule is O=C(NCCn1c(=O)[nH]c2ccccc21)c1ccc(=O)[nH]c1. The standard InChI is InChI=1S/C15H14N4O3/c20-13-6-5-10(9-17-13)14(21)16-7-8-19-12-4-2-1-3-11(12)18-15(19)22/h1-6,9H,7-8H2,(H,16,21)(H,17,20)(H,18,22). The number of aromatic amines is 2. The molecule has 0 unspecified atom stereocenters. The van der Waals surface area contributed by atoms with E-state index >= 15 is 0 Å². The number of nitrogens with zero attached hydrogens (tertiary/aromatic N) is 1. The van der Waals surface area contributed by atoms with Crippen LogP contribution in [-0.4, -0.2) is 27.0 Å². The zero-order valence-electron chi connectivity index (χ0n) is 11.6. The van der Waals surface area contributed by atoms with E-state index in [0.717, 1.165) is 11.0 Å². The van der Waals surface area contributed by atoms with Gasteiger partial charge in [-0.25, -0.2) is 4.79 Å². The highest BCUT2D eigenvalue weighted by Crippen LogP contribution is 2.08. The van der Waals surface area contributed by atoms with Crippen molar-refractivity contribution in [2.24, 2.45) is 0 Å². The van der Waals surface area contributed by atoms with Crippen molar-refractivity contribution >= 4 is 16.9 Å². The molecule has 112 valence electrons. The quantitative estimate of drug-likeness (QED) is 0.652. The minimum Gasteiger partial charge on any atom is -0.350 e. The summed E-state index contributed by atoms with van der Waals surface area (Å²) in [4.78, 5) is 39.9. The molecule has 0 fully saturated rings. The second kappa shape index (κ2) is 5.72. The molecule has 3 aromatic rings. The van der Waals surface area contributed by atoms with Gasteiger partial charge in [-0.2, -0.15) is 0 Å². The van der Waals surface area contributed by atoms with E-state index in [0.29, 0.717) is 18.7 Å². The number of carbonyl (C=O) groups excluding carboxylic acids is 1. The Morgan fingerprint density at radius 3 is 2.73 bits per heavy atom. The van der Waals surface area contributed by atoms with Gasteiger partial charge in [0.15, 0.2) is 0 Å². The lowest BCUT2D eigenvalue weighted by molar-refractivity contribution is 0.0952. The van der Waals surface area contributed by atoms with Crippen LogP contribution in [0, 0.1) is 0 Å². The van der Waals surface area contributed by atoms with Crippen LogP contribution in [-0.2, 0) is 6.54 Å². The Morgan fingerprint density at radius 2 is 1.95 bits per heavy atom. The number of pyridine rings is 1. The summed E-state index contributed by atoms with van der Waals surface area (Å²) in [6.45, 7) is 0.664. The maximum absolute atomic E-state index is 11.9. The van der Waals surface area contributed by atoms with Gasteiger partial charge in [-0.05, 0) is 18.2 Å². The molecule has 0 aliphatic carbocycles. The molecule has 0 saturated heterocycles. The highest BCUT2D eigenvalue weighted by Gasteiger charge is 2.07. The van der Waals surface area contributed by atoms with Gasteiger partial charge in [0.1, 0.15) is 0 Å². The van der Waals surface area contributed by atoms with Crippen molar-refractivity contribution in [3.05, 3.63) is 69.0 Å². The fraction of sp³-hybridized carbons (Fsp3) is 0.133. The molecule has 2 aromatic heterocycles. The number of para-hydroxylation sites is 2. The Balaban J connectivity index is 1.68. The minimum absolute atomic E-state index is 0.209. The molecule has 22 heavy (non-hydrogen) atoms. The molecule has 7 nitrogen and oxygen atoms in total. The largest absolute Gasteiger partial charge is 0.350 e. The molecule has 0 spiro atoms. The number of hydrogen-bond donors (Lipinski definition) is 3. The molecule has 2 heterocycles. The second-order valence-electron chi connectivity index (χ2n) is 4.80. The summed E-state index contributed by atoms with van der Waals surface area (Å²) in [5.74, 6) is -0.302. The van der Waals surface area contributed by atoms with E-state index in [1.54, 1.807) is 4.57 Å². The summed E-state index contributed by atoms with van der Waals surface area (Å²) in [5, 5.41) is 2.71. The summed E-state index contributed by atoms with van der Waals surface area (Å²) in [7, 11) is 0. The predicted octanol–water partition coefficient (Wildman–Crippen LogP) is 0.448. The van der Waals surface area contributed by atoms with E-state index in [4.69, 9.17) is 0 Å². The van der Waals surface area contributed by atoms with Crippen LogP contribution in [0.4, 0.5) is 0 Å². The van der Waals surface area contributed by atoms with Gasteiger partial charge < -0.3 is 15.3 Å². The lowest BCUT2D eigenvalue weighted by atomic mass is 10.2. The maximum Gasteiger partial charge on any atom is 0.326 e. The molecule has 0 aliphatic rings. The highest BCUT2D eigenvalue weighted by atomic mass is 16.2. The summed E-state index contributed by atoms with van der Waals surface area (Å²) < 4.78 is 1.57. The number of fused-ring (bicyclic) bond motifs is 1. The van der Waals surface area contributed by atoms with Crippen LogP contribution < -0.4 is 16.6 Å². The van der Waals surface area contributed by atoms with Crippen LogP contribution in [0.1, 0.15) is 10.4 Å². The van der Waals surface area contributed by atoms with E-state index in [-0.39, 0.29) is 17.2 Å². The Labute approximate surface area is 124 Å². The van der Waals surface area contributed by atoms with Crippen LogP contribution in [0.15, 0.2) is 52.2 Å². The summed E-state index contributed by atoms with van der Waals surface area (Å²) in [5.41, 5.74) is 1.46. The van der Waals surface area contributed by atoms with Crippen molar-refractivity contribution < 1.29 is 4.79 Å². The number of amides is 1. The number of hydrogen-bond acceptors (Lipinski definition) is 3. The van der Waals surface area contributed by atoms with Gasteiger partial charge in [-0.1, -0.05) is 12.1 Å². The molecule has 7 heteroatoms. The van der Waals surface area contributed by atoms with Gasteiger partial charge in [0, 0.05) is 25.4 Å². The summed E-state index contributed by atoms with van der Waals surface area (Å²) in [6, 6.07) is 10.1. The first-order valence-electron chi connectivity index (χ1n) is 6.79. The molecule has 0 bridgehead atoms. The number of rotatable bonds is 4. The fourth-order valence-corrected chi connectivity index (χ4v) is 2.26. The van der Waals surface area contributed by atoms with Crippen LogP contribution in [0.3, 0.4) is 0 Å². The van der Waals surface area contributed by atoms with Crippen molar-refractivity contribution in [1.82, 2.24) is 19.9 Å². The van der Waals surface area contributed by atoms with Gasteiger partial charge >= 0.3 is 5.69 Å². The van der Waals surface area contributed by atoms with Crippen molar-refractivity contribution in [3.63, 3.8) is 0 Å².